The lowest BCUT2D eigenvalue weighted by molar-refractivity contribution is 0.0985. The van der Waals surface area contributed by atoms with Crippen molar-refractivity contribution in [2.24, 2.45) is 0 Å². The topological polar surface area (TPSA) is 126 Å². The zero-order valence-corrected chi connectivity index (χ0v) is 19.7. The van der Waals surface area contributed by atoms with E-state index >= 15 is 0 Å². The Labute approximate surface area is 198 Å². The number of nitrogens with one attached hydrogen (secondary N) is 2. The SMILES string of the molecule is CNC(=O)Nc1ccc(-c2nc(CS(=O)(=O)c3ccncc3)cc(N3CCOC[C@@H]3C)n2)cc1. The van der Waals surface area contributed by atoms with Crippen molar-refractivity contribution in [2.45, 2.75) is 23.6 Å². The van der Waals surface area contributed by atoms with E-state index < -0.39 is 9.84 Å². The number of carbonyl (C=O) groups is 1. The molecule has 0 radical (unpaired) electrons. The molecule has 4 rings (SSSR count). The van der Waals surface area contributed by atoms with E-state index in [0.717, 1.165) is 0 Å². The molecule has 178 valence electrons. The number of hydrogen-bond acceptors (Lipinski definition) is 8. The molecule has 34 heavy (non-hydrogen) atoms. The van der Waals surface area contributed by atoms with Crippen molar-refractivity contribution in [1.82, 2.24) is 20.3 Å². The summed E-state index contributed by atoms with van der Waals surface area (Å²) in [5.41, 5.74) is 1.71. The Balaban J connectivity index is 1.71. The molecular formula is C23H26N6O4S. The lowest BCUT2D eigenvalue weighted by Gasteiger charge is -2.34. The number of benzene rings is 1. The molecule has 2 amide bonds. The molecular weight excluding hydrogens is 456 g/mol. The summed E-state index contributed by atoms with van der Waals surface area (Å²) in [6.07, 6.45) is 2.90. The van der Waals surface area contributed by atoms with E-state index in [1.54, 1.807) is 30.3 Å². The van der Waals surface area contributed by atoms with Gasteiger partial charge in [-0.05, 0) is 43.3 Å². The van der Waals surface area contributed by atoms with Gasteiger partial charge in [-0.3, -0.25) is 4.98 Å². The summed E-state index contributed by atoms with van der Waals surface area (Å²) >= 11 is 0. The van der Waals surface area contributed by atoms with Gasteiger partial charge in [0.05, 0.1) is 35.6 Å². The summed E-state index contributed by atoms with van der Waals surface area (Å²) in [4.78, 5) is 27.1. The number of aromatic nitrogens is 3. The van der Waals surface area contributed by atoms with E-state index in [-0.39, 0.29) is 22.7 Å². The van der Waals surface area contributed by atoms with Gasteiger partial charge in [-0.25, -0.2) is 23.2 Å². The standard InChI is InChI=1S/C23H26N6O4S/c1-16-14-33-12-11-29(16)21-13-19(15-34(31,32)20-7-9-25-10-8-20)26-22(28-21)17-3-5-18(6-4-17)27-23(30)24-2/h3-10,13,16H,11-12,14-15H2,1-2H3,(H2,24,27,30)/t16-/m0/s1. The van der Waals surface area contributed by atoms with Crippen molar-refractivity contribution < 1.29 is 17.9 Å². The first-order valence-corrected chi connectivity index (χ1v) is 12.5. The molecule has 2 aromatic heterocycles. The molecule has 10 nitrogen and oxygen atoms in total. The normalized spacial score (nSPS) is 16.2. The Bertz CT molecular complexity index is 1250. The fourth-order valence-corrected chi connectivity index (χ4v) is 4.86. The van der Waals surface area contributed by atoms with Crippen molar-refractivity contribution in [3.63, 3.8) is 0 Å². The van der Waals surface area contributed by atoms with Gasteiger partial charge in [-0.2, -0.15) is 0 Å². The maximum absolute atomic E-state index is 13.0. The highest BCUT2D eigenvalue weighted by atomic mass is 32.2. The molecule has 11 heteroatoms. The molecule has 1 aliphatic rings. The van der Waals surface area contributed by atoms with Crippen LogP contribution in [-0.2, 0) is 20.3 Å². The molecule has 0 unspecified atom stereocenters. The van der Waals surface area contributed by atoms with Crippen LogP contribution in [0.15, 0.2) is 59.8 Å². The highest BCUT2D eigenvalue weighted by Gasteiger charge is 2.24. The number of ether oxygens (including phenoxy) is 1. The van der Waals surface area contributed by atoms with Crippen LogP contribution in [0.25, 0.3) is 11.4 Å². The maximum atomic E-state index is 13.0. The first-order valence-electron chi connectivity index (χ1n) is 10.8. The molecule has 1 atom stereocenters. The summed E-state index contributed by atoms with van der Waals surface area (Å²) in [6, 6.07) is 11.5. The number of anilines is 2. The molecule has 3 heterocycles. The number of urea groups is 1. The third-order valence-electron chi connectivity index (χ3n) is 5.40. The molecule has 0 aliphatic carbocycles. The summed E-state index contributed by atoms with van der Waals surface area (Å²) < 4.78 is 31.6. The lowest BCUT2D eigenvalue weighted by atomic mass is 10.2. The predicted molar refractivity (Wildman–Crippen MR) is 128 cm³/mol. The van der Waals surface area contributed by atoms with Crippen molar-refractivity contribution >= 4 is 27.4 Å². The number of sulfone groups is 1. The summed E-state index contributed by atoms with van der Waals surface area (Å²) in [6.45, 7) is 3.80. The smallest absolute Gasteiger partial charge is 0.318 e. The van der Waals surface area contributed by atoms with Crippen LogP contribution in [0, 0.1) is 0 Å². The van der Waals surface area contributed by atoms with Gasteiger partial charge >= 0.3 is 6.03 Å². The molecule has 3 aromatic rings. The molecule has 0 bridgehead atoms. The first kappa shape index (κ1) is 23.6. The molecule has 1 aromatic carbocycles. The van der Waals surface area contributed by atoms with Gasteiger partial charge in [0.15, 0.2) is 15.7 Å². The number of rotatable bonds is 6. The molecule has 1 saturated heterocycles. The minimum absolute atomic E-state index is 0.0836. The van der Waals surface area contributed by atoms with Gasteiger partial charge in [0, 0.05) is 43.3 Å². The Morgan fingerprint density at radius 1 is 1.15 bits per heavy atom. The fourth-order valence-electron chi connectivity index (χ4n) is 3.62. The Kier molecular flexibility index (Phi) is 7.03. The zero-order valence-electron chi connectivity index (χ0n) is 18.9. The average molecular weight is 483 g/mol. The average Bonchev–Trinajstić information content (AvgIpc) is 2.85. The highest BCUT2D eigenvalue weighted by Crippen LogP contribution is 2.26. The van der Waals surface area contributed by atoms with Gasteiger partial charge < -0.3 is 20.3 Å². The molecule has 0 saturated carbocycles. The number of pyridine rings is 1. The summed E-state index contributed by atoms with van der Waals surface area (Å²) in [5, 5.41) is 5.20. The van der Waals surface area contributed by atoms with E-state index in [0.29, 0.717) is 48.3 Å². The molecule has 1 aliphatic heterocycles. The van der Waals surface area contributed by atoms with Gasteiger partial charge in [0.25, 0.3) is 0 Å². The van der Waals surface area contributed by atoms with E-state index in [1.807, 2.05) is 6.92 Å². The van der Waals surface area contributed by atoms with Crippen LogP contribution >= 0.6 is 0 Å². The van der Waals surface area contributed by atoms with E-state index in [4.69, 9.17) is 9.72 Å². The van der Waals surface area contributed by atoms with Gasteiger partial charge in [0.2, 0.25) is 0 Å². The van der Waals surface area contributed by atoms with Crippen molar-refractivity contribution in [3.8, 4) is 11.4 Å². The fraction of sp³-hybridized carbons (Fsp3) is 0.304. The number of amides is 2. The number of morpholine rings is 1. The molecule has 0 spiro atoms. The third kappa shape index (κ3) is 5.49. The van der Waals surface area contributed by atoms with Crippen molar-refractivity contribution in [1.29, 1.82) is 0 Å². The number of hydrogen-bond donors (Lipinski definition) is 2. The maximum Gasteiger partial charge on any atom is 0.318 e. The van der Waals surface area contributed by atoms with E-state index in [1.165, 1.54) is 31.6 Å². The van der Waals surface area contributed by atoms with Gasteiger partial charge in [-0.15, -0.1) is 0 Å². The van der Waals surface area contributed by atoms with Crippen molar-refractivity contribution in [2.75, 3.05) is 37.0 Å². The van der Waals surface area contributed by atoms with Crippen LogP contribution in [0.3, 0.4) is 0 Å². The van der Waals surface area contributed by atoms with E-state index in [9.17, 15) is 13.2 Å². The van der Waals surface area contributed by atoms with Crippen molar-refractivity contribution in [3.05, 3.63) is 60.6 Å². The largest absolute Gasteiger partial charge is 0.377 e. The van der Waals surface area contributed by atoms with Crippen LogP contribution in [0.4, 0.5) is 16.3 Å². The minimum Gasteiger partial charge on any atom is -0.377 e. The first-order chi connectivity index (χ1) is 16.4. The molecule has 2 N–H and O–H groups in total. The second-order valence-corrected chi connectivity index (χ2v) is 9.87. The van der Waals surface area contributed by atoms with Crippen LogP contribution < -0.4 is 15.5 Å². The molecule has 1 fully saturated rings. The van der Waals surface area contributed by atoms with E-state index in [2.05, 4.69) is 25.5 Å². The second kappa shape index (κ2) is 10.1. The lowest BCUT2D eigenvalue weighted by Crippen LogP contribution is -2.44. The summed E-state index contributed by atoms with van der Waals surface area (Å²) in [5.74, 6) is 0.782. The van der Waals surface area contributed by atoms with Crippen LogP contribution in [0.2, 0.25) is 0 Å². The van der Waals surface area contributed by atoms with Gasteiger partial charge in [-0.1, -0.05) is 0 Å². The Morgan fingerprint density at radius 2 is 1.88 bits per heavy atom. The summed E-state index contributed by atoms with van der Waals surface area (Å²) in [7, 11) is -2.09. The van der Waals surface area contributed by atoms with Crippen LogP contribution in [0.1, 0.15) is 12.6 Å². The third-order valence-corrected chi connectivity index (χ3v) is 7.07. The van der Waals surface area contributed by atoms with Crippen LogP contribution in [0.5, 0.6) is 0 Å². The number of carbonyl (C=O) groups excluding carboxylic acids is 1. The minimum atomic E-state index is -3.62. The Hall–Kier alpha value is -3.57. The monoisotopic (exact) mass is 482 g/mol. The number of nitrogens with zero attached hydrogens (tertiary/aromatic N) is 4. The van der Waals surface area contributed by atoms with Crippen LogP contribution in [-0.4, -0.2) is 62.2 Å². The Morgan fingerprint density at radius 3 is 2.56 bits per heavy atom. The van der Waals surface area contributed by atoms with Gasteiger partial charge in [0.1, 0.15) is 5.82 Å². The zero-order chi connectivity index (χ0) is 24.1. The second-order valence-electron chi connectivity index (χ2n) is 7.88. The predicted octanol–water partition coefficient (Wildman–Crippen LogP) is 2.49. The quantitative estimate of drug-likeness (QED) is 0.549. The highest BCUT2D eigenvalue weighted by molar-refractivity contribution is 7.90.